The minimum Gasteiger partial charge on any atom is -0.505 e. The van der Waals surface area contributed by atoms with Crippen molar-refractivity contribution in [2.75, 3.05) is 19.4 Å². The number of phenolic OH excluding ortho intramolecular Hbond substituents is 1. The topological polar surface area (TPSA) is 65.5 Å². The van der Waals surface area contributed by atoms with E-state index in [4.69, 9.17) is 0 Å². The van der Waals surface area contributed by atoms with Gasteiger partial charge in [-0.05, 0) is 87.7 Å². The standard InChI is InChI=1S/C29H36FN3O2/c1-17-13-19(15-24(30)27(17)34)18-7-12-25-22(14-18)26(23(16-31-25)28(35)29(2,3)4)32-20-8-10-21(11-9-20)33(5)6/h7,12-16,20-21,34H,8-11H2,1-6H3,(H,31,32). The maximum Gasteiger partial charge on any atom is 0.171 e. The Balaban J connectivity index is 1.81. The van der Waals surface area contributed by atoms with Crippen LogP contribution in [0.4, 0.5) is 10.1 Å². The molecule has 6 heteroatoms. The molecule has 1 heterocycles. The minimum atomic E-state index is -0.647. The minimum absolute atomic E-state index is 0.0355. The van der Waals surface area contributed by atoms with Gasteiger partial charge < -0.3 is 15.3 Å². The van der Waals surface area contributed by atoms with Crippen LogP contribution in [0.15, 0.2) is 36.5 Å². The number of halogens is 1. The summed E-state index contributed by atoms with van der Waals surface area (Å²) in [5.41, 5.74) is 3.57. The molecule has 0 atom stereocenters. The number of fused-ring (bicyclic) bond motifs is 1. The van der Waals surface area contributed by atoms with Crippen molar-refractivity contribution in [3.05, 3.63) is 53.5 Å². The van der Waals surface area contributed by atoms with E-state index >= 15 is 0 Å². The summed E-state index contributed by atoms with van der Waals surface area (Å²) in [6.07, 6.45) is 5.95. The Morgan fingerprint density at radius 3 is 2.37 bits per heavy atom. The van der Waals surface area contributed by atoms with E-state index in [1.807, 2.05) is 39.0 Å². The van der Waals surface area contributed by atoms with E-state index < -0.39 is 11.2 Å². The fourth-order valence-electron chi connectivity index (χ4n) is 4.95. The van der Waals surface area contributed by atoms with Crippen LogP contribution in [-0.2, 0) is 0 Å². The van der Waals surface area contributed by atoms with Gasteiger partial charge in [-0.2, -0.15) is 0 Å². The Morgan fingerprint density at radius 2 is 1.77 bits per heavy atom. The largest absolute Gasteiger partial charge is 0.505 e. The third-order valence-corrected chi connectivity index (χ3v) is 7.16. The second-order valence-electron chi connectivity index (χ2n) is 11.1. The number of aryl methyl sites for hydroxylation is 1. The Labute approximate surface area is 207 Å². The first-order valence-electron chi connectivity index (χ1n) is 12.4. The summed E-state index contributed by atoms with van der Waals surface area (Å²) in [5.74, 6) is -0.941. The number of pyridine rings is 1. The van der Waals surface area contributed by atoms with Gasteiger partial charge in [0.25, 0.3) is 0 Å². The SMILES string of the molecule is Cc1cc(-c2ccc3ncc(C(=O)C(C)(C)C)c(NC4CCC(N(C)C)CC4)c3c2)cc(F)c1O. The van der Waals surface area contributed by atoms with Crippen molar-refractivity contribution in [1.29, 1.82) is 0 Å². The van der Waals surface area contributed by atoms with Gasteiger partial charge >= 0.3 is 0 Å². The summed E-state index contributed by atoms with van der Waals surface area (Å²) in [6, 6.07) is 9.74. The van der Waals surface area contributed by atoms with Crippen molar-refractivity contribution in [1.82, 2.24) is 9.88 Å². The van der Waals surface area contributed by atoms with E-state index in [0.717, 1.165) is 47.8 Å². The summed E-state index contributed by atoms with van der Waals surface area (Å²) in [7, 11) is 4.26. The molecule has 3 aromatic rings. The van der Waals surface area contributed by atoms with Crippen molar-refractivity contribution < 1.29 is 14.3 Å². The lowest BCUT2D eigenvalue weighted by molar-refractivity contribution is 0.0859. The van der Waals surface area contributed by atoms with Gasteiger partial charge in [-0.1, -0.05) is 26.8 Å². The summed E-state index contributed by atoms with van der Waals surface area (Å²) in [4.78, 5) is 20.3. The van der Waals surface area contributed by atoms with Crippen LogP contribution in [0.25, 0.3) is 22.0 Å². The van der Waals surface area contributed by atoms with Gasteiger partial charge in [-0.25, -0.2) is 4.39 Å². The predicted octanol–water partition coefficient (Wildman–Crippen LogP) is 6.57. The maximum atomic E-state index is 14.3. The molecule has 0 amide bonds. The predicted molar refractivity (Wildman–Crippen MR) is 141 cm³/mol. The highest BCUT2D eigenvalue weighted by Crippen LogP contribution is 2.37. The van der Waals surface area contributed by atoms with E-state index in [1.54, 1.807) is 19.2 Å². The summed E-state index contributed by atoms with van der Waals surface area (Å²) in [6.45, 7) is 7.44. The number of hydrogen-bond acceptors (Lipinski definition) is 5. The second kappa shape index (κ2) is 9.57. The zero-order valence-electron chi connectivity index (χ0n) is 21.6. The first kappa shape index (κ1) is 25.1. The Kier molecular flexibility index (Phi) is 6.87. The van der Waals surface area contributed by atoms with Crippen molar-refractivity contribution >= 4 is 22.4 Å². The van der Waals surface area contributed by atoms with E-state index in [-0.39, 0.29) is 17.6 Å². The molecule has 1 fully saturated rings. The molecule has 5 nitrogen and oxygen atoms in total. The van der Waals surface area contributed by atoms with Crippen LogP contribution in [0.2, 0.25) is 0 Å². The van der Waals surface area contributed by atoms with Gasteiger partial charge in [0.1, 0.15) is 0 Å². The molecule has 35 heavy (non-hydrogen) atoms. The number of carbonyl (C=O) groups is 1. The molecule has 186 valence electrons. The maximum absolute atomic E-state index is 14.3. The van der Waals surface area contributed by atoms with E-state index in [2.05, 4.69) is 29.3 Å². The van der Waals surface area contributed by atoms with Crippen molar-refractivity contribution in [3.8, 4) is 16.9 Å². The van der Waals surface area contributed by atoms with Gasteiger partial charge in [0.15, 0.2) is 17.3 Å². The van der Waals surface area contributed by atoms with Crippen LogP contribution in [0.5, 0.6) is 5.75 Å². The quantitative estimate of drug-likeness (QED) is 0.407. The summed E-state index contributed by atoms with van der Waals surface area (Å²) >= 11 is 0. The van der Waals surface area contributed by atoms with E-state index in [1.165, 1.54) is 6.07 Å². The van der Waals surface area contributed by atoms with Crippen LogP contribution < -0.4 is 5.32 Å². The van der Waals surface area contributed by atoms with Crippen molar-refractivity contribution in [3.63, 3.8) is 0 Å². The summed E-state index contributed by atoms with van der Waals surface area (Å²) in [5, 5.41) is 14.4. The molecule has 0 bridgehead atoms. The molecule has 1 aliphatic carbocycles. The molecule has 0 spiro atoms. The van der Waals surface area contributed by atoms with Crippen LogP contribution in [0.1, 0.15) is 62.4 Å². The number of Topliss-reactive ketones (excluding diaryl/α,β-unsaturated/α-hetero) is 1. The molecule has 1 aliphatic rings. The smallest absolute Gasteiger partial charge is 0.171 e. The molecule has 4 rings (SSSR count). The van der Waals surface area contributed by atoms with Crippen LogP contribution in [0, 0.1) is 18.2 Å². The zero-order valence-corrected chi connectivity index (χ0v) is 21.6. The zero-order chi connectivity index (χ0) is 25.5. The number of carbonyl (C=O) groups excluding carboxylic acids is 1. The molecular weight excluding hydrogens is 441 g/mol. The molecule has 2 aromatic carbocycles. The molecular formula is C29H36FN3O2. The monoisotopic (exact) mass is 477 g/mol. The number of aromatic hydroxyl groups is 1. The van der Waals surface area contributed by atoms with Crippen LogP contribution >= 0.6 is 0 Å². The number of phenols is 1. The normalized spacial score (nSPS) is 18.7. The molecule has 2 N–H and O–H groups in total. The fourth-order valence-corrected chi connectivity index (χ4v) is 4.95. The average Bonchev–Trinajstić information content (AvgIpc) is 2.81. The number of benzene rings is 2. The highest BCUT2D eigenvalue weighted by molar-refractivity contribution is 6.10. The van der Waals surface area contributed by atoms with Crippen LogP contribution in [-0.4, -0.2) is 47.0 Å². The van der Waals surface area contributed by atoms with Gasteiger partial charge in [-0.3, -0.25) is 9.78 Å². The third-order valence-electron chi connectivity index (χ3n) is 7.16. The lowest BCUT2D eigenvalue weighted by Crippen LogP contribution is -2.36. The Morgan fingerprint density at radius 1 is 1.09 bits per heavy atom. The van der Waals surface area contributed by atoms with Crippen molar-refractivity contribution in [2.45, 2.75) is 65.5 Å². The molecule has 0 radical (unpaired) electrons. The number of ketones is 1. The van der Waals surface area contributed by atoms with Crippen molar-refractivity contribution in [2.24, 2.45) is 5.41 Å². The average molecular weight is 478 g/mol. The lowest BCUT2D eigenvalue weighted by Gasteiger charge is -2.34. The molecule has 0 aliphatic heterocycles. The lowest BCUT2D eigenvalue weighted by atomic mass is 9.85. The van der Waals surface area contributed by atoms with Gasteiger partial charge in [-0.15, -0.1) is 0 Å². The first-order chi connectivity index (χ1) is 16.5. The third kappa shape index (κ3) is 5.18. The highest BCUT2D eigenvalue weighted by Gasteiger charge is 2.29. The van der Waals surface area contributed by atoms with E-state index in [9.17, 15) is 14.3 Å². The number of rotatable bonds is 5. The van der Waals surface area contributed by atoms with Gasteiger partial charge in [0, 0.05) is 29.1 Å². The molecule has 1 aromatic heterocycles. The number of hydrogen-bond donors (Lipinski definition) is 2. The highest BCUT2D eigenvalue weighted by atomic mass is 19.1. The Hall–Kier alpha value is -2.99. The Bertz CT molecular complexity index is 1230. The number of nitrogens with one attached hydrogen (secondary N) is 1. The van der Waals surface area contributed by atoms with Crippen LogP contribution in [0.3, 0.4) is 0 Å². The first-order valence-corrected chi connectivity index (χ1v) is 12.4. The fraction of sp³-hybridized carbons (Fsp3) is 0.448. The molecule has 1 saturated carbocycles. The number of anilines is 1. The van der Waals surface area contributed by atoms with Gasteiger partial charge in [0.05, 0.1) is 16.8 Å². The number of nitrogens with zero attached hydrogens (tertiary/aromatic N) is 2. The molecule has 0 saturated heterocycles. The van der Waals surface area contributed by atoms with E-state index in [0.29, 0.717) is 22.7 Å². The summed E-state index contributed by atoms with van der Waals surface area (Å²) < 4.78 is 14.3. The second-order valence-corrected chi connectivity index (χ2v) is 11.1. The van der Waals surface area contributed by atoms with Gasteiger partial charge in [0.2, 0.25) is 0 Å². The molecule has 0 unspecified atom stereocenters. The number of aromatic nitrogens is 1.